The van der Waals surface area contributed by atoms with Gasteiger partial charge in [0.05, 0.1) is 24.9 Å². The number of aliphatic hydroxyl groups excluding tert-OH is 2. The third-order valence-electron chi connectivity index (χ3n) is 2.54. The van der Waals surface area contributed by atoms with E-state index in [1.54, 1.807) is 0 Å². The lowest BCUT2D eigenvalue weighted by Crippen LogP contribution is -2.37. The fourth-order valence-corrected chi connectivity index (χ4v) is 1.82. The highest BCUT2D eigenvalue weighted by Crippen LogP contribution is 2.22. The predicted molar refractivity (Wildman–Crippen MR) is 50.5 cm³/mol. The monoisotopic (exact) mass is 188 g/mol. The second-order valence-electron chi connectivity index (χ2n) is 3.83. The van der Waals surface area contributed by atoms with Crippen LogP contribution in [0.25, 0.3) is 0 Å². The van der Waals surface area contributed by atoms with Crippen molar-refractivity contribution in [2.45, 2.75) is 57.3 Å². The largest absolute Gasteiger partial charge is 0.394 e. The van der Waals surface area contributed by atoms with Crippen molar-refractivity contribution in [3.8, 4) is 0 Å². The zero-order valence-corrected chi connectivity index (χ0v) is 8.28. The normalized spacial score (nSPS) is 34.8. The number of ether oxygens (including phenoxy) is 1. The first-order valence-electron chi connectivity index (χ1n) is 5.20. The Kier molecular flexibility index (Phi) is 4.70. The standard InChI is InChI=1S/C10H20O3/c1-2-3-4-9-5-8(12)6-10(7-11)13-9/h8-12H,2-7H2,1H3/t8-,9-,10?/m1/s1. The first kappa shape index (κ1) is 11.0. The molecule has 0 bridgehead atoms. The fourth-order valence-electron chi connectivity index (χ4n) is 1.82. The molecule has 3 heteroatoms. The van der Waals surface area contributed by atoms with E-state index in [-0.39, 0.29) is 24.9 Å². The van der Waals surface area contributed by atoms with Crippen molar-refractivity contribution in [1.82, 2.24) is 0 Å². The first-order chi connectivity index (χ1) is 6.26. The first-order valence-corrected chi connectivity index (χ1v) is 5.20. The molecule has 0 saturated carbocycles. The van der Waals surface area contributed by atoms with Crippen LogP contribution < -0.4 is 0 Å². The van der Waals surface area contributed by atoms with Gasteiger partial charge in [0.2, 0.25) is 0 Å². The lowest BCUT2D eigenvalue weighted by Gasteiger charge is -2.32. The van der Waals surface area contributed by atoms with Crippen molar-refractivity contribution in [2.24, 2.45) is 0 Å². The molecule has 1 aliphatic heterocycles. The van der Waals surface area contributed by atoms with Crippen LogP contribution in [-0.4, -0.2) is 35.1 Å². The Morgan fingerprint density at radius 3 is 2.62 bits per heavy atom. The van der Waals surface area contributed by atoms with Crippen molar-refractivity contribution in [1.29, 1.82) is 0 Å². The van der Waals surface area contributed by atoms with E-state index in [0.717, 1.165) is 25.7 Å². The third-order valence-corrected chi connectivity index (χ3v) is 2.54. The molecule has 0 aromatic heterocycles. The van der Waals surface area contributed by atoms with Gasteiger partial charge in [-0.15, -0.1) is 0 Å². The van der Waals surface area contributed by atoms with Crippen LogP contribution in [0.2, 0.25) is 0 Å². The SMILES string of the molecule is CCCC[C@@H]1C[C@@H](O)CC(CO)O1. The molecule has 1 heterocycles. The Morgan fingerprint density at radius 2 is 2.00 bits per heavy atom. The average Bonchev–Trinajstić information content (AvgIpc) is 2.14. The molecule has 0 aromatic carbocycles. The maximum atomic E-state index is 9.49. The second-order valence-corrected chi connectivity index (χ2v) is 3.83. The van der Waals surface area contributed by atoms with Crippen molar-refractivity contribution >= 4 is 0 Å². The molecule has 3 atom stereocenters. The summed E-state index contributed by atoms with van der Waals surface area (Å²) in [7, 11) is 0. The molecule has 1 saturated heterocycles. The van der Waals surface area contributed by atoms with Crippen molar-refractivity contribution in [2.75, 3.05) is 6.61 Å². The molecular formula is C10H20O3. The maximum absolute atomic E-state index is 9.49. The predicted octanol–water partition coefficient (Wildman–Crippen LogP) is 1.08. The van der Waals surface area contributed by atoms with Crippen LogP contribution in [-0.2, 0) is 4.74 Å². The van der Waals surface area contributed by atoms with Gasteiger partial charge < -0.3 is 14.9 Å². The van der Waals surface area contributed by atoms with E-state index in [9.17, 15) is 5.11 Å². The number of rotatable bonds is 4. The van der Waals surface area contributed by atoms with E-state index < -0.39 is 0 Å². The molecule has 2 N–H and O–H groups in total. The van der Waals surface area contributed by atoms with E-state index >= 15 is 0 Å². The van der Waals surface area contributed by atoms with Gasteiger partial charge in [-0.3, -0.25) is 0 Å². The number of aliphatic hydroxyl groups is 2. The average molecular weight is 188 g/mol. The summed E-state index contributed by atoms with van der Waals surface area (Å²) in [6.07, 6.45) is 4.33. The van der Waals surface area contributed by atoms with E-state index in [2.05, 4.69) is 6.92 Å². The van der Waals surface area contributed by atoms with E-state index in [1.807, 2.05) is 0 Å². The van der Waals surface area contributed by atoms with Gasteiger partial charge >= 0.3 is 0 Å². The van der Waals surface area contributed by atoms with Crippen LogP contribution in [0.4, 0.5) is 0 Å². The topological polar surface area (TPSA) is 49.7 Å². The number of hydrogen-bond donors (Lipinski definition) is 2. The Bertz CT molecular complexity index is 138. The summed E-state index contributed by atoms with van der Waals surface area (Å²) in [5, 5.41) is 18.4. The minimum absolute atomic E-state index is 0.0275. The van der Waals surface area contributed by atoms with Crippen LogP contribution >= 0.6 is 0 Å². The zero-order chi connectivity index (χ0) is 9.68. The Morgan fingerprint density at radius 1 is 1.31 bits per heavy atom. The van der Waals surface area contributed by atoms with E-state index in [4.69, 9.17) is 9.84 Å². The summed E-state index contributed by atoms with van der Waals surface area (Å²) in [6, 6.07) is 0. The Balaban J connectivity index is 2.29. The molecular weight excluding hydrogens is 168 g/mol. The summed E-state index contributed by atoms with van der Waals surface area (Å²) in [4.78, 5) is 0. The van der Waals surface area contributed by atoms with Crippen LogP contribution in [0, 0.1) is 0 Å². The van der Waals surface area contributed by atoms with Gasteiger partial charge in [-0.25, -0.2) is 0 Å². The molecule has 0 aromatic rings. The minimum Gasteiger partial charge on any atom is -0.394 e. The fraction of sp³-hybridized carbons (Fsp3) is 1.00. The maximum Gasteiger partial charge on any atom is 0.0834 e. The molecule has 0 spiro atoms. The molecule has 0 aliphatic carbocycles. The molecule has 3 nitrogen and oxygen atoms in total. The van der Waals surface area contributed by atoms with Crippen LogP contribution in [0.3, 0.4) is 0 Å². The molecule has 1 fully saturated rings. The van der Waals surface area contributed by atoms with Gasteiger partial charge in [-0.2, -0.15) is 0 Å². The summed E-state index contributed by atoms with van der Waals surface area (Å²) in [6.45, 7) is 2.17. The summed E-state index contributed by atoms with van der Waals surface area (Å²) >= 11 is 0. The number of unbranched alkanes of at least 4 members (excludes halogenated alkanes) is 1. The Hall–Kier alpha value is -0.120. The quantitative estimate of drug-likeness (QED) is 0.694. The molecule has 78 valence electrons. The van der Waals surface area contributed by atoms with Crippen LogP contribution in [0.1, 0.15) is 39.0 Å². The Labute approximate surface area is 79.7 Å². The molecule has 13 heavy (non-hydrogen) atoms. The third kappa shape index (κ3) is 3.63. The summed E-state index contributed by atoms with van der Waals surface area (Å²) in [5.41, 5.74) is 0. The molecule has 0 amide bonds. The van der Waals surface area contributed by atoms with Crippen molar-refractivity contribution < 1.29 is 14.9 Å². The summed E-state index contributed by atoms with van der Waals surface area (Å²) < 4.78 is 5.60. The van der Waals surface area contributed by atoms with Gasteiger partial charge in [0, 0.05) is 6.42 Å². The van der Waals surface area contributed by atoms with Crippen LogP contribution in [0.15, 0.2) is 0 Å². The highest BCUT2D eigenvalue weighted by molar-refractivity contribution is 4.76. The molecule has 1 aliphatic rings. The smallest absolute Gasteiger partial charge is 0.0834 e. The van der Waals surface area contributed by atoms with Crippen molar-refractivity contribution in [3.05, 3.63) is 0 Å². The van der Waals surface area contributed by atoms with E-state index in [0.29, 0.717) is 6.42 Å². The highest BCUT2D eigenvalue weighted by Gasteiger charge is 2.27. The van der Waals surface area contributed by atoms with E-state index in [1.165, 1.54) is 0 Å². The lowest BCUT2D eigenvalue weighted by atomic mass is 9.98. The molecule has 1 rings (SSSR count). The van der Waals surface area contributed by atoms with Gasteiger partial charge in [-0.05, 0) is 12.8 Å². The van der Waals surface area contributed by atoms with Gasteiger partial charge in [-0.1, -0.05) is 19.8 Å². The minimum atomic E-state index is -0.284. The van der Waals surface area contributed by atoms with Crippen LogP contribution in [0.5, 0.6) is 0 Å². The van der Waals surface area contributed by atoms with Gasteiger partial charge in [0.1, 0.15) is 0 Å². The zero-order valence-electron chi connectivity index (χ0n) is 8.28. The molecule has 0 radical (unpaired) electrons. The lowest BCUT2D eigenvalue weighted by molar-refractivity contribution is -0.114. The number of hydrogen-bond acceptors (Lipinski definition) is 3. The van der Waals surface area contributed by atoms with Crippen molar-refractivity contribution in [3.63, 3.8) is 0 Å². The summed E-state index contributed by atoms with van der Waals surface area (Å²) in [5.74, 6) is 0. The van der Waals surface area contributed by atoms with Gasteiger partial charge in [0.25, 0.3) is 0 Å². The molecule has 1 unspecified atom stereocenters. The second kappa shape index (κ2) is 5.58. The highest BCUT2D eigenvalue weighted by atomic mass is 16.5. The van der Waals surface area contributed by atoms with Gasteiger partial charge in [0.15, 0.2) is 0 Å².